The van der Waals surface area contributed by atoms with Crippen LogP contribution in [0.1, 0.15) is 62.5 Å². The van der Waals surface area contributed by atoms with Crippen LogP contribution in [-0.2, 0) is 6.42 Å². The summed E-state index contributed by atoms with van der Waals surface area (Å²) in [6.07, 6.45) is 39.4. The molecule has 2 aromatic heterocycles. The fourth-order valence-electron chi connectivity index (χ4n) is 10.7. The van der Waals surface area contributed by atoms with E-state index in [0.29, 0.717) is 0 Å². The first-order valence-corrected chi connectivity index (χ1v) is 26.6. The van der Waals surface area contributed by atoms with Gasteiger partial charge in [-0.25, -0.2) is 0 Å². The van der Waals surface area contributed by atoms with Gasteiger partial charge in [0, 0.05) is 37.8 Å². The van der Waals surface area contributed by atoms with Crippen LogP contribution in [0.4, 0.5) is 0 Å². The summed E-state index contributed by atoms with van der Waals surface area (Å²) in [5.74, 6) is 0. The monoisotopic (exact) mass is 971 g/mol. The number of terminal acetylenes is 1. The summed E-state index contributed by atoms with van der Waals surface area (Å²) in [5, 5.41) is 12.0. The Labute approximate surface area is 440 Å². The Balaban J connectivity index is 0.000000471. The molecule has 1 nitrogen and oxygen atoms in total. The summed E-state index contributed by atoms with van der Waals surface area (Å²) >= 11 is 1.94. The topological polar surface area (TPSA) is 4.93 Å². The maximum absolute atomic E-state index is 4.00. The van der Waals surface area contributed by atoms with Gasteiger partial charge < -0.3 is 4.57 Å². The van der Waals surface area contributed by atoms with Gasteiger partial charge in [0.05, 0.1) is 11.0 Å². The van der Waals surface area contributed by atoms with Crippen molar-refractivity contribution in [3.63, 3.8) is 0 Å². The van der Waals surface area contributed by atoms with Crippen molar-refractivity contribution in [1.82, 2.24) is 4.57 Å². The SMILES string of the molecule is C#C.C/C(=C\c1c(Cc2ccc3c(c2)c2ccccc2n3-c2cccc(-c3ccc4c5c(c6ccccc6c4c3)=CCCC=5)c2)sc2ccc(-c3ccccc3)cc12)C1=CCCC=C1.C=C/C=C/C(C)=C/C=C\C. The van der Waals surface area contributed by atoms with Gasteiger partial charge >= 0.3 is 0 Å². The number of para-hydroxylation sites is 1. The van der Waals surface area contributed by atoms with Crippen LogP contribution in [0.3, 0.4) is 0 Å². The number of allylic oxidation sites excluding steroid dienone is 12. The van der Waals surface area contributed by atoms with Crippen LogP contribution in [0, 0.1) is 12.8 Å². The van der Waals surface area contributed by atoms with Crippen LogP contribution >= 0.6 is 11.3 Å². The van der Waals surface area contributed by atoms with Crippen LogP contribution in [0.25, 0.3) is 99.6 Å². The Morgan fingerprint density at radius 3 is 2.01 bits per heavy atom. The molecule has 8 aromatic carbocycles. The van der Waals surface area contributed by atoms with Crippen LogP contribution in [0.15, 0.2) is 236 Å². The number of hydrogen-bond donors (Lipinski definition) is 0. The molecule has 2 heteroatoms. The van der Waals surface area contributed by atoms with E-state index in [1.807, 2.05) is 42.6 Å². The highest BCUT2D eigenvalue weighted by Gasteiger charge is 2.18. The molecule has 0 aliphatic heterocycles. The van der Waals surface area contributed by atoms with Crippen LogP contribution in [0.2, 0.25) is 0 Å². The van der Waals surface area contributed by atoms with Crippen molar-refractivity contribution >= 4 is 83.0 Å². The van der Waals surface area contributed by atoms with Gasteiger partial charge in [0.1, 0.15) is 0 Å². The van der Waals surface area contributed by atoms with E-state index >= 15 is 0 Å². The van der Waals surface area contributed by atoms with Crippen molar-refractivity contribution in [3.05, 3.63) is 262 Å². The highest BCUT2D eigenvalue weighted by Crippen LogP contribution is 2.40. The molecule has 0 saturated carbocycles. The van der Waals surface area contributed by atoms with Crippen LogP contribution in [0.5, 0.6) is 0 Å². The van der Waals surface area contributed by atoms with E-state index in [4.69, 9.17) is 0 Å². The zero-order chi connectivity index (χ0) is 51.0. The van der Waals surface area contributed by atoms with Gasteiger partial charge in [-0.3, -0.25) is 0 Å². The molecule has 0 amide bonds. The molecule has 0 bridgehead atoms. The van der Waals surface area contributed by atoms with Gasteiger partial charge in [0.2, 0.25) is 0 Å². The Morgan fingerprint density at radius 2 is 1.24 bits per heavy atom. The van der Waals surface area contributed by atoms with Crippen LogP contribution in [-0.4, -0.2) is 4.57 Å². The van der Waals surface area contributed by atoms with Gasteiger partial charge in [-0.15, -0.1) is 24.2 Å². The third-order valence-electron chi connectivity index (χ3n) is 14.3. The van der Waals surface area contributed by atoms with Crippen LogP contribution < -0.4 is 10.4 Å². The average molecular weight is 972 g/mol. The number of rotatable bonds is 10. The van der Waals surface area contributed by atoms with Crippen molar-refractivity contribution in [2.75, 3.05) is 0 Å². The predicted octanol–water partition coefficient (Wildman–Crippen LogP) is 18.8. The lowest BCUT2D eigenvalue weighted by molar-refractivity contribution is 1.02. The van der Waals surface area contributed by atoms with E-state index in [-0.39, 0.29) is 0 Å². The third-order valence-corrected chi connectivity index (χ3v) is 15.5. The molecule has 74 heavy (non-hydrogen) atoms. The van der Waals surface area contributed by atoms with Crippen molar-refractivity contribution in [1.29, 1.82) is 0 Å². The zero-order valence-electron chi connectivity index (χ0n) is 42.7. The Kier molecular flexibility index (Phi) is 14.9. The summed E-state index contributed by atoms with van der Waals surface area (Å²) < 4.78 is 3.79. The molecule has 2 aliphatic rings. The molecule has 0 unspecified atom stereocenters. The Bertz CT molecular complexity index is 4100. The second-order valence-corrected chi connectivity index (χ2v) is 20.2. The maximum Gasteiger partial charge on any atom is 0.0541 e. The molecule has 0 atom stereocenters. The van der Waals surface area contributed by atoms with Crippen molar-refractivity contribution in [2.45, 2.75) is 52.9 Å². The lowest BCUT2D eigenvalue weighted by Gasteiger charge is -2.13. The standard InChI is InChI=1S/C60H45NS.C10H14.C2H2/c1-39(41-15-4-2-5-16-41)33-55-56-38-44(42-17-6-3-7-18-42)29-32-59(56)62-60(55)35-40-27-31-58-54(34-40)52-25-12-13-26-57(52)61(58)46-20-14-19-43(36-46)45-28-30-51-49-23-9-8-21-47(49)48-22-10-11-24-50(48)53(51)37-45;1-4-6-8-10(3)9-7-5-2;1-2/h3-4,6-7,10-34,36-38H,2,5,8-9,35H2,1H3;4-9H,1H2,2-3H3;1-2H/b39-33+;7-5-,8-6+,10-9+;. The third kappa shape index (κ3) is 10.0. The van der Waals surface area contributed by atoms with E-state index in [1.165, 1.54) is 125 Å². The quantitative estimate of drug-likeness (QED) is 0.0731. The smallest absolute Gasteiger partial charge is 0.0541 e. The highest BCUT2D eigenvalue weighted by atomic mass is 32.1. The molecule has 0 fully saturated rings. The number of aromatic nitrogens is 1. The summed E-state index contributed by atoms with van der Waals surface area (Å²) in [4.78, 5) is 1.40. The fraction of sp³-hybridized carbons (Fsp3) is 0.111. The first-order chi connectivity index (χ1) is 36.4. The normalized spacial score (nSPS) is 13.6. The number of nitrogens with zero attached hydrogens (tertiary/aromatic N) is 1. The van der Waals surface area contributed by atoms with Crippen molar-refractivity contribution in [3.8, 4) is 40.8 Å². The summed E-state index contributed by atoms with van der Waals surface area (Å²) in [5.41, 5.74) is 15.2. The number of benzene rings is 8. The predicted molar refractivity (Wildman–Crippen MR) is 327 cm³/mol. The lowest BCUT2D eigenvalue weighted by atomic mass is 9.92. The summed E-state index contributed by atoms with van der Waals surface area (Å²) in [6, 6.07) is 59.0. The average Bonchev–Trinajstić information content (AvgIpc) is 3.98. The minimum Gasteiger partial charge on any atom is -0.309 e. The van der Waals surface area contributed by atoms with Crippen molar-refractivity contribution in [2.24, 2.45) is 0 Å². The number of fused-ring (bicyclic) bond motifs is 10. The molecule has 0 spiro atoms. The molecule has 12 rings (SSSR count). The van der Waals surface area contributed by atoms with E-state index in [0.717, 1.165) is 32.1 Å². The highest BCUT2D eigenvalue weighted by molar-refractivity contribution is 7.19. The van der Waals surface area contributed by atoms with Crippen molar-refractivity contribution < 1.29 is 0 Å². The molecule has 0 N–H and O–H groups in total. The fourth-order valence-corrected chi connectivity index (χ4v) is 11.9. The van der Waals surface area contributed by atoms with E-state index in [2.05, 4.69) is 238 Å². The Hall–Kier alpha value is -8.48. The minimum atomic E-state index is 0.870. The first-order valence-electron chi connectivity index (χ1n) is 25.8. The first kappa shape index (κ1) is 49.1. The van der Waals surface area contributed by atoms with Gasteiger partial charge in [-0.05, 0) is 178 Å². The number of hydrogen-bond acceptors (Lipinski definition) is 1. The Morgan fingerprint density at radius 1 is 0.581 bits per heavy atom. The molecule has 10 aromatic rings. The largest absolute Gasteiger partial charge is 0.309 e. The molecule has 0 radical (unpaired) electrons. The van der Waals surface area contributed by atoms with E-state index < -0.39 is 0 Å². The summed E-state index contributed by atoms with van der Waals surface area (Å²) in [6.45, 7) is 9.91. The molecular formula is C72H61NS. The van der Waals surface area contributed by atoms with Gasteiger partial charge in [0.15, 0.2) is 0 Å². The molecular weight excluding hydrogens is 911 g/mol. The second-order valence-electron chi connectivity index (χ2n) is 19.1. The van der Waals surface area contributed by atoms with Gasteiger partial charge in [0.25, 0.3) is 0 Å². The minimum absolute atomic E-state index is 0.870. The maximum atomic E-state index is 4.00. The zero-order valence-corrected chi connectivity index (χ0v) is 43.5. The molecule has 2 heterocycles. The van der Waals surface area contributed by atoms with Gasteiger partial charge in [-0.1, -0.05) is 188 Å². The van der Waals surface area contributed by atoms with Gasteiger partial charge in [-0.2, -0.15) is 0 Å². The lowest BCUT2D eigenvalue weighted by Crippen LogP contribution is -2.28. The second kappa shape index (κ2) is 22.5. The van der Waals surface area contributed by atoms with E-state index in [1.54, 1.807) is 6.08 Å². The molecule has 2 aliphatic carbocycles. The summed E-state index contributed by atoms with van der Waals surface area (Å²) in [7, 11) is 0. The molecule has 0 saturated heterocycles. The number of thiophene rings is 1. The molecule has 360 valence electrons. The van der Waals surface area contributed by atoms with E-state index in [9.17, 15) is 0 Å².